The van der Waals surface area contributed by atoms with Crippen LogP contribution in [0.5, 0.6) is 0 Å². The molecule has 3 aromatic heterocycles. The van der Waals surface area contributed by atoms with Crippen LogP contribution >= 0.6 is 24.0 Å². The Bertz CT molecular complexity index is 1000. The van der Waals surface area contributed by atoms with Gasteiger partial charge in [0, 0.05) is 24.5 Å². The number of guanidine groups is 1. The second kappa shape index (κ2) is 8.17. The minimum absolute atomic E-state index is 0. The summed E-state index contributed by atoms with van der Waals surface area (Å²) in [4.78, 5) is 7.66. The minimum Gasteiger partial charge on any atom is -0.357 e. The van der Waals surface area contributed by atoms with Crippen LogP contribution in [0.3, 0.4) is 0 Å². The largest absolute Gasteiger partial charge is 0.357 e. The molecule has 0 aliphatic rings. The van der Waals surface area contributed by atoms with E-state index in [1.807, 2.05) is 40.9 Å². The van der Waals surface area contributed by atoms with E-state index in [1.54, 1.807) is 7.05 Å². The van der Waals surface area contributed by atoms with Gasteiger partial charge in [-0.1, -0.05) is 24.3 Å². The Morgan fingerprint density at radius 2 is 1.88 bits per heavy atom. The number of nitrogens with one attached hydrogen (secondary N) is 3. The number of H-pyrrole nitrogens is 1. The highest BCUT2D eigenvalue weighted by molar-refractivity contribution is 14.0. The molecule has 4 rings (SSSR count). The Labute approximate surface area is 168 Å². The summed E-state index contributed by atoms with van der Waals surface area (Å²) < 4.78 is 1.96. The van der Waals surface area contributed by atoms with E-state index in [4.69, 9.17) is 0 Å². The monoisotopic (exact) mass is 461 g/mol. The summed E-state index contributed by atoms with van der Waals surface area (Å²) in [5.41, 5.74) is 3.08. The van der Waals surface area contributed by atoms with Gasteiger partial charge in [0.1, 0.15) is 0 Å². The maximum atomic E-state index is 4.26. The molecule has 3 heterocycles. The molecule has 0 saturated heterocycles. The van der Waals surface area contributed by atoms with Gasteiger partial charge in [0.15, 0.2) is 17.4 Å². The number of aliphatic imine (C=N–C) groups is 1. The van der Waals surface area contributed by atoms with Crippen molar-refractivity contribution < 1.29 is 0 Å². The third kappa shape index (κ3) is 3.79. The smallest absolute Gasteiger partial charge is 0.191 e. The molecule has 26 heavy (non-hydrogen) atoms. The lowest BCUT2D eigenvalue weighted by Crippen LogP contribution is -2.36. The lowest BCUT2D eigenvalue weighted by Gasteiger charge is -2.10. The molecular weight excluding hydrogens is 441 g/mol. The molecule has 0 unspecified atom stereocenters. The Hall–Kier alpha value is -2.62. The van der Waals surface area contributed by atoms with Crippen LogP contribution in [-0.2, 0) is 13.1 Å². The fraction of sp³-hybridized carbons (Fsp3) is 0.167. The van der Waals surface area contributed by atoms with Crippen LogP contribution in [0.1, 0.15) is 11.5 Å². The summed E-state index contributed by atoms with van der Waals surface area (Å²) in [7, 11) is 1.75. The average Bonchev–Trinajstić information content (AvgIpc) is 3.25. The Kier molecular flexibility index (Phi) is 5.71. The molecule has 7 nitrogen and oxygen atoms in total. The average molecular weight is 461 g/mol. The molecule has 1 aromatic carbocycles. The molecule has 0 spiro atoms. The molecule has 134 valence electrons. The molecule has 3 N–H and O–H groups in total. The van der Waals surface area contributed by atoms with E-state index in [1.165, 1.54) is 5.39 Å². The minimum atomic E-state index is 0. The van der Waals surface area contributed by atoms with Crippen LogP contribution in [0.4, 0.5) is 0 Å². The number of pyridine rings is 1. The van der Waals surface area contributed by atoms with Crippen molar-refractivity contribution in [3.8, 4) is 0 Å². The van der Waals surface area contributed by atoms with Gasteiger partial charge >= 0.3 is 0 Å². The number of fused-ring (bicyclic) bond motifs is 2. The first-order valence-electron chi connectivity index (χ1n) is 8.13. The number of halogens is 1. The number of benzene rings is 1. The van der Waals surface area contributed by atoms with Crippen LogP contribution in [-0.4, -0.2) is 32.6 Å². The van der Waals surface area contributed by atoms with E-state index in [-0.39, 0.29) is 24.0 Å². The van der Waals surface area contributed by atoms with Crippen LogP contribution in [0.2, 0.25) is 0 Å². The molecule has 4 aromatic rings. The lowest BCUT2D eigenvalue weighted by atomic mass is 10.2. The Balaban J connectivity index is 0.00000196. The quantitative estimate of drug-likeness (QED) is 0.248. The number of hydrogen-bond donors (Lipinski definition) is 3. The van der Waals surface area contributed by atoms with Gasteiger partial charge in [-0.05, 0) is 29.7 Å². The summed E-state index contributed by atoms with van der Waals surface area (Å²) >= 11 is 0. The standard InChI is InChI=1S/C18H19N7.HI/c1-19-18(20-11-14-10-13-6-2-3-7-15(13)22-14)21-12-17-24-23-16-8-4-5-9-25(16)17;/h2-10,22H,11-12H2,1H3,(H2,19,20,21);1H. The predicted molar refractivity (Wildman–Crippen MR) is 114 cm³/mol. The highest BCUT2D eigenvalue weighted by Crippen LogP contribution is 2.14. The predicted octanol–water partition coefficient (Wildman–Crippen LogP) is 2.69. The van der Waals surface area contributed by atoms with Gasteiger partial charge in [-0.15, -0.1) is 34.2 Å². The number of aromatic nitrogens is 4. The number of aromatic amines is 1. The first-order chi connectivity index (χ1) is 12.3. The van der Waals surface area contributed by atoms with Gasteiger partial charge < -0.3 is 15.6 Å². The maximum absolute atomic E-state index is 4.26. The van der Waals surface area contributed by atoms with Gasteiger partial charge in [-0.3, -0.25) is 9.39 Å². The van der Waals surface area contributed by atoms with Gasteiger partial charge in [0.25, 0.3) is 0 Å². The highest BCUT2D eigenvalue weighted by Gasteiger charge is 2.06. The van der Waals surface area contributed by atoms with Gasteiger partial charge in [-0.2, -0.15) is 0 Å². The van der Waals surface area contributed by atoms with E-state index >= 15 is 0 Å². The van der Waals surface area contributed by atoms with Crippen molar-refractivity contribution in [2.45, 2.75) is 13.1 Å². The van der Waals surface area contributed by atoms with Crippen molar-refractivity contribution >= 4 is 46.5 Å². The first-order valence-corrected chi connectivity index (χ1v) is 8.13. The molecule has 0 amide bonds. The summed E-state index contributed by atoms with van der Waals surface area (Å²) in [6.07, 6.45) is 1.95. The number of nitrogens with zero attached hydrogens (tertiary/aromatic N) is 4. The highest BCUT2D eigenvalue weighted by atomic mass is 127. The molecule has 0 radical (unpaired) electrons. The topological polar surface area (TPSA) is 82.4 Å². The zero-order valence-corrected chi connectivity index (χ0v) is 16.6. The van der Waals surface area contributed by atoms with E-state index in [9.17, 15) is 0 Å². The molecule has 0 saturated carbocycles. The normalized spacial score (nSPS) is 11.5. The van der Waals surface area contributed by atoms with Crippen molar-refractivity contribution in [1.29, 1.82) is 0 Å². The Morgan fingerprint density at radius 3 is 2.73 bits per heavy atom. The molecule has 0 aliphatic heterocycles. The van der Waals surface area contributed by atoms with Crippen LogP contribution < -0.4 is 10.6 Å². The zero-order valence-electron chi connectivity index (χ0n) is 14.3. The Morgan fingerprint density at radius 1 is 1.08 bits per heavy atom. The third-order valence-corrected chi connectivity index (χ3v) is 4.05. The van der Waals surface area contributed by atoms with Crippen molar-refractivity contribution in [2.75, 3.05) is 7.05 Å². The van der Waals surface area contributed by atoms with E-state index < -0.39 is 0 Å². The lowest BCUT2D eigenvalue weighted by molar-refractivity contribution is 0.758. The van der Waals surface area contributed by atoms with Crippen LogP contribution in [0.25, 0.3) is 16.6 Å². The molecule has 0 aliphatic carbocycles. The molecule has 0 bridgehead atoms. The first kappa shape index (κ1) is 18.2. The summed E-state index contributed by atoms with van der Waals surface area (Å²) in [5, 5.41) is 16.1. The number of para-hydroxylation sites is 1. The SMILES string of the molecule is CN=C(NCc1cc2ccccc2[nH]1)NCc1nnc2ccccn12.I. The summed E-state index contributed by atoms with van der Waals surface area (Å²) in [6, 6.07) is 16.2. The van der Waals surface area contributed by atoms with Gasteiger partial charge in [0.2, 0.25) is 0 Å². The maximum Gasteiger partial charge on any atom is 0.191 e. The van der Waals surface area contributed by atoms with E-state index in [0.29, 0.717) is 19.0 Å². The second-order valence-electron chi connectivity index (χ2n) is 5.71. The van der Waals surface area contributed by atoms with Gasteiger partial charge in [-0.25, -0.2) is 0 Å². The van der Waals surface area contributed by atoms with Crippen molar-refractivity contribution in [2.24, 2.45) is 4.99 Å². The molecular formula is C18H20IN7. The van der Waals surface area contributed by atoms with Crippen LogP contribution in [0.15, 0.2) is 59.7 Å². The third-order valence-electron chi connectivity index (χ3n) is 4.05. The fourth-order valence-electron chi connectivity index (χ4n) is 2.80. The van der Waals surface area contributed by atoms with Crippen LogP contribution in [0, 0.1) is 0 Å². The summed E-state index contributed by atoms with van der Waals surface area (Å²) in [6.45, 7) is 1.20. The fourth-order valence-corrected chi connectivity index (χ4v) is 2.80. The number of hydrogen-bond acceptors (Lipinski definition) is 3. The van der Waals surface area contributed by atoms with Crippen molar-refractivity contribution in [3.63, 3.8) is 0 Å². The molecule has 8 heteroatoms. The zero-order chi connectivity index (χ0) is 17.1. The second-order valence-corrected chi connectivity index (χ2v) is 5.71. The summed E-state index contributed by atoms with van der Waals surface area (Å²) in [5.74, 6) is 1.55. The van der Waals surface area contributed by atoms with Crippen molar-refractivity contribution in [3.05, 3.63) is 66.2 Å². The van der Waals surface area contributed by atoms with E-state index in [2.05, 4.69) is 49.0 Å². The van der Waals surface area contributed by atoms with Gasteiger partial charge in [0.05, 0.1) is 13.1 Å². The van der Waals surface area contributed by atoms with Crippen molar-refractivity contribution in [1.82, 2.24) is 30.2 Å². The number of rotatable bonds is 4. The van der Waals surface area contributed by atoms with E-state index in [0.717, 1.165) is 22.7 Å². The molecule has 0 atom stereocenters. The molecule has 0 fully saturated rings.